The molecule has 5 saturated carbocycles. The largest absolute Gasteiger partial charge is 0.390 e. The third-order valence-corrected chi connectivity index (χ3v) is 9.65. The zero-order valence-electron chi connectivity index (χ0n) is 15.5. The summed E-state index contributed by atoms with van der Waals surface area (Å²) in [6.45, 7) is 2.19. The Morgan fingerprint density at radius 2 is 2.12 bits per heavy atom. The summed E-state index contributed by atoms with van der Waals surface area (Å²) in [6, 6.07) is 1.86. The quantitative estimate of drug-likeness (QED) is 0.788. The molecule has 0 aromatic heterocycles. The van der Waals surface area contributed by atoms with E-state index in [0.29, 0.717) is 29.6 Å². The molecule has 1 amide bonds. The number of nitrogens with two attached hydrogens (primary N) is 1. The van der Waals surface area contributed by atoms with E-state index in [1.807, 2.05) is 4.90 Å². The normalized spacial score (nSPS) is 59.2. The van der Waals surface area contributed by atoms with E-state index in [4.69, 9.17) is 5.73 Å². The molecule has 6 rings (SSSR count). The second-order valence-corrected chi connectivity index (χ2v) is 10.7. The number of fused-ring (bicyclic) bond motifs is 3. The summed E-state index contributed by atoms with van der Waals surface area (Å²) in [5, 5.41) is 20.4. The van der Waals surface area contributed by atoms with Gasteiger partial charge in [0.05, 0.1) is 17.7 Å². The Bertz CT molecular complexity index is 733. The number of hydrogen-bond acceptors (Lipinski definition) is 4. The van der Waals surface area contributed by atoms with Crippen LogP contribution in [-0.4, -0.2) is 39.6 Å². The Labute approximate surface area is 154 Å². The van der Waals surface area contributed by atoms with Crippen LogP contribution in [0.3, 0.4) is 0 Å². The van der Waals surface area contributed by atoms with Crippen LogP contribution in [0.4, 0.5) is 0 Å². The zero-order valence-corrected chi connectivity index (χ0v) is 15.5. The van der Waals surface area contributed by atoms with E-state index in [2.05, 4.69) is 13.0 Å². The van der Waals surface area contributed by atoms with Crippen LogP contribution < -0.4 is 5.73 Å². The molecule has 7 unspecified atom stereocenters. The SMILES string of the molecule is C[C@H]1[C@H]2CC(C#N)N(C(=O)C(N)C3CC4CC5(O)CC6CC3[C@@]4(C6)C5)[C@@H]12. The summed E-state index contributed by atoms with van der Waals surface area (Å²) in [4.78, 5) is 15.2. The van der Waals surface area contributed by atoms with Gasteiger partial charge < -0.3 is 15.7 Å². The zero-order chi connectivity index (χ0) is 18.0. The minimum atomic E-state index is -0.463. The van der Waals surface area contributed by atoms with Gasteiger partial charge in [-0.25, -0.2) is 0 Å². The molecule has 5 aliphatic carbocycles. The number of carbonyl (C=O) groups excluding carboxylic acids is 1. The Balaban J connectivity index is 1.27. The first-order chi connectivity index (χ1) is 12.4. The van der Waals surface area contributed by atoms with E-state index in [9.17, 15) is 15.2 Å². The number of amides is 1. The molecule has 0 aromatic carbocycles. The first-order valence-corrected chi connectivity index (χ1v) is 10.6. The van der Waals surface area contributed by atoms with E-state index in [1.54, 1.807) is 0 Å². The van der Waals surface area contributed by atoms with Crippen molar-refractivity contribution in [3.63, 3.8) is 0 Å². The molecule has 0 aromatic rings. The minimum Gasteiger partial charge on any atom is -0.390 e. The molecule has 1 spiro atoms. The maximum Gasteiger partial charge on any atom is 0.241 e. The van der Waals surface area contributed by atoms with Crippen LogP contribution in [0.25, 0.3) is 0 Å². The molecule has 0 radical (unpaired) electrons. The molecule has 1 aliphatic heterocycles. The highest BCUT2D eigenvalue weighted by Gasteiger charge is 2.71. The van der Waals surface area contributed by atoms with Crippen LogP contribution in [0.1, 0.15) is 51.9 Å². The maximum atomic E-state index is 13.3. The number of piperidine rings is 1. The van der Waals surface area contributed by atoms with E-state index in [-0.39, 0.29) is 29.3 Å². The van der Waals surface area contributed by atoms with Gasteiger partial charge in [-0.2, -0.15) is 5.26 Å². The van der Waals surface area contributed by atoms with Crippen LogP contribution >= 0.6 is 0 Å². The Morgan fingerprint density at radius 1 is 1.31 bits per heavy atom. The molecular formula is C21H29N3O2. The summed E-state index contributed by atoms with van der Waals surface area (Å²) in [6.07, 6.45) is 7.04. The van der Waals surface area contributed by atoms with Gasteiger partial charge in [-0.05, 0) is 85.9 Å². The van der Waals surface area contributed by atoms with Crippen molar-refractivity contribution in [2.45, 2.75) is 75.6 Å². The lowest BCUT2D eigenvalue weighted by Gasteiger charge is -2.37. The van der Waals surface area contributed by atoms with Gasteiger partial charge in [-0.15, -0.1) is 0 Å². The maximum absolute atomic E-state index is 13.3. The predicted octanol–water partition coefficient (Wildman–Crippen LogP) is 1.65. The van der Waals surface area contributed by atoms with Gasteiger partial charge in [0.2, 0.25) is 5.91 Å². The van der Waals surface area contributed by atoms with Gasteiger partial charge in [-0.1, -0.05) is 6.92 Å². The third-order valence-electron chi connectivity index (χ3n) is 9.65. The van der Waals surface area contributed by atoms with E-state index < -0.39 is 11.6 Å². The summed E-state index contributed by atoms with van der Waals surface area (Å²) >= 11 is 0. The lowest BCUT2D eigenvalue weighted by molar-refractivity contribution is -0.135. The second kappa shape index (κ2) is 4.64. The van der Waals surface area contributed by atoms with Gasteiger partial charge in [0, 0.05) is 6.04 Å². The van der Waals surface area contributed by atoms with Crippen LogP contribution in [0.2, 0.25) is 0 Å². The van der Waals surface area contributed by atoms with Crippen molar-refractivity contribution in [3.8, 4) is 6.07 Å². The van der Waals surface area contributed by atoms with Crippen molar-refractivity contribution in [1.82, 2.24) is 4.90 Å². The molecule has 5 heteroatoms. The minimum absolute atomic E-state index is 0.0338. The fraction of sp³-hybridized carbons (Fsp3) is 0.905. The average Bonchev–Trinajstić information content (AvgIpc) is 2.94. The fourth-order valence-corrected chi connectivity index (χ4v) is 8.87. The highest BCUT2D eigenvalue weighted by molar-refractivity contribution is 5.84. The first kappa shape index (κ1) is 15.9. The van der Waals surface area contributed by atoms with Crippen LogP contribution in [0, 0.1) is 52.3 Å². The average molecular weight is 355 g/mol. The number of rotatable bonds is 2. The molecule has 6 fully saturated rings. The van der Waals surface area contributed by atoms with Crippen molar-refractivity contribution >= 4 is 5.91 Å². The smallest absolute Gasteiger partial charge is 0.241 e. The van der Waals surface area contributed by atoms with Crippen LogP contribution in [0.5, 0.6) is 0 Å². The molecule has 11 atom stereocenters. The Hall–Kier alpha value is -1.12. The molecule has 26 heavy (non-hydrogen) atoms. The van der Waals surface area contributed by atoms with Gasteiger partial charge in [0.1, 0.15) is 6.04 Å². The molecule has 3 N–H and O–H groups in total. The molecule has 140 valence electrons. The van der Waals surface area contributed by atoms with Crippen molar-refractivity contribution in [2.24, 2.45) is 46.7 Å². The Kier molecular flexibility index (Phi) is 2.84. The predicted molar refractivity (Wildman–Crippen MR) is 94.3 cm³/mol. The standard InChI is InChI=1S/C21H29N3O2/c1-10-14-4-13(8-22)24(18(10)14)19(25)17(23)15-3-12-7-20(26)5-11-2-16(15)21(12,6-11)9-20/h10-18,26H,2-7,9,23H2,1H3/t10-,11?,12?,13?,14+,15?,16?,17?,18-,20?,21-/m0/s1. The molecule has 5 nitrogen and oxygen atoms in total. The van der Waals surface area contributed by atoms with Crippen molar-refractivity contribution in [3.05, 3.63) is 0 Å². The Morgan fingerprint density at radius 3 is 2.88 bits per heavy atom. The van der Waals surface area contributed by atoms with Crippen molar-refractivity contribution < 1.29 is 9.90 Å². The molecular weight excluding hydrogens is 326 g/mol. The number of carbonyl (C=O) groups is 1. The topological polar surface area (TPSA) is 90.4 Å². The summed E-state index contributed by atoms with van der Waals surface area (Å²) < 4.78 is 0. The fourth-order valence-electron chi connectivity index (χ4n) is 8.87. The number of hydrogen-bond donors (Lipinski definition) is 2. The number of nitriles is 1. The molecule has 3 bridgehead atoms. The molecule has 1 heterocycles. The molecule has 1 saturated heterocycles. The van der Waals surface area contributed by atoms with Crippen LogP contribution in [0.15, 0.2) is 0 Å². The third kappa shape index (κ3) is 1.72. The second-order valence-electron chi connectivity index (χ2n) is 10.7. The van der Waals surface area contributed by atoms with E-state index >= 15 is 0 Å². The van der Waals surface area contributed by atoms with E-state index in [1.165, 1.54) is 6.42 Å². The molecule has 6 aliphatic rings. The number of aliphatic hydroxyl groups is 1. The van der Waals surface area contributed by atoms with Gasteiger partial charge >= 0.3 is 0 Å². The highest BCUT2D eigenvalue weighted by atomic mass is 16.3. The lowest BCUT2D eigenvalue weighted by Crippen LogP contribution is -2.52. The van der Waals surface area contributed by atoms with Crippen LogP contribution in [-0.2, 0) is 4.79 Å². The highest BCUT2D eigenvalue weighted by Crippen LogP contribution is 2.74. The van der Waals surface area contributed by atoms with Gasteiger partial charge in [-0.3, -0.25) is 4.79 Å². The summed E-state index contributed by atoms with van der Waals surface area (Å²) in [7, 11) is 0. The first-order valence-electron chi connectivity index (χ1n) is 10.6. The lowest BCUT2D eigenvalue weighted by atomic mass is 9.70. The summed E-state index contributed by atoms with van der Waals surface area (Å²) in [5.74, 6) is 2.99. The van der Waals surface area contributed by atoms with Crippen molar-refractivity contribution in [1.29, 1.82) is 5.26 Å². The van der Waals surface area contributed by atoms with Crippen molar-refractivity contribution in [2.75, 3.05) is 0 Å². The van der Waals surface area contributed by atoms with Gasteiger partial charge in [0.15, 0.2) is 0 Å². The number of likely N-dealkylation sites (tertiary alicyclic amines) is 1. The van der Waals surface area contributed by atoms with E-state index in [0.717, 1.165) is 38.5 Å². The van der Waals surface area contributed by atoms with Gasteiger partial charge in [0.25, 0.3) is 0 Å². The summed E-state index contributed by atoms with van der Waals surface area (Å²) in [5.41, 5.74) is 6.46. The number of nitrogens with zero attached hydrogens (tertiary/aromatic N) is 2. The monoisotopic (exact) mass is 355 g/mol.